The summed E-state index contributed by atoms with van der Waals surface area (Å²) in [5.74, 6) is 0. The van der Waals surface area contributed by atoms with E-state index in [-0.39, 0.29) is 24.0 Å². The van der Waals surface area contributed by atoms with Crippen molar-refractivity contribution in [1.82, 2.24) is 9.97 Å². The van der Waals surface area contributed by atoms with E-state index < -0.39 is 0 Å². The van der Waals surface area contributed by atoms with E-state index >= 15 is 0 Å². The molecule has 0 aliphatic carbocycles. The molecule has 0 aromatic carbocycles. The van der Waals surface area contributed by atoms with E-state index in [9.17, 15) is 0 Å². The first-order valence-electron chi connectivity index (χ1n) is 3.80. The molecule has 2 rings (SSSR count). The number of pyridine rings is 1. The predicted octanol–water partition coefficient (Wildman–Crippen LogP) is -1.43. The Bertz CT molecular complexity index is 406. The van der Waals surface area contributed by atoms with Crippen LogP contribution in [0.5, 0.6) is 0 Å². The van der Waals surface area contributed by atoms with E-state index in [1.54, 1.807) is 18.7 Å². The Morgan fingerprint density at radius 2 is 2.07 bits per heavy atom. The minimum atomic E-state index is 0. The minimum Gasteiger partial charge on any atom is -1.00 e. The maximum Gasteiger partial charge on any atom is 0.284 e. The molecular formula is C9H7I2N3. The number of aromatic nitrogens is 3. The second-order valence-corrected chi connectivity index (χ2v) is 3.65. The van der Waals surface area contributed by atoms with Gasteiger partial charge in [0.2, 0.25) is 0 Å². The minimum absolute atomic E-state index is 0. The van der Waals surface area contributed by atoms with Gasteiger partial charge in [-0.25, -0.2) is 4.98 Å². The third-order valence-corrected chi connectivity index (χ3v) is 2.51. The quantitative estimate of drug-likeness (QED) is 0.541. The van der Waals surface area contributed by atoms with Crippen LogP contribution >= 0.6 is 22.6 Å². The zero-order valence-corrected chi connectivity index (χ0v) is 11.4. The number of nitrogens with one attached hydrogen (secondary N) is 1. The molecule has 72 valence electrons. The van der Waals surface area contributed by atoms with E-state index in [1.807, 2.05) is 18.2 Å². The molecule has 0 unspecified atom stereocenters. The zero-order chi connectivity index (χ0) is 9.10. The van der Waals surface area contributed by atoms with Gasteiger partial charge in [0.25, 0.3) is 6.33 Å². The number of hydrogen-bond acceptors (Lipinski definition) is 2. The fraction of sp³-hybridized carbons (Fsp3) is 0. The summed E-state index contributed by atoms with van der Waals surface area (Å²) in [7, 11) is 0. The van der Waals surface area contributed by atoms with Gasteiger partial charge in [-0.15, -0.1) is 0 Å². The van der Waals surface area contributed by atoms with Gasteiger partial charge in [-0.2, -0.15) is 0 Å². The average Bonchev–Trinajstić information content (AvgIpc) is 2.20. The lowest BCUT2D eigenvalue weighted by Gasteiger charge is -1.97. The van der Waals surface area contributed by atoms with E-state index in [2.05, 4.69) is 37.5 Å². The van der Waals surface area contributed by atoms with E-state index in [0.29, 0.717) is 0 Å². The second-order valence-electron chi connectivity index (χ2n) is 2.49. The van der Waals surface area contributed by atoms with Crippen molar-refractivity contribution < 1.29 is 29.0 Å². The number of H-pyrrole nitrogens is 1. The Kier molecular flexibility index (Phi) is 4.66. The highest BCUT2D eigenvalue weighted by Crippen LogP contribution is 2.17. The summed E-state index contributed by atoms with van der Waals surface area (Å²) in [5.41, 5.74) is 1.95. The van der Waals surface area contributed by atoms with Crippen LogP contribution in [0.2, 0.25) is 0 Å². The summed E-state index contributed by atoms with van der Waals surface area (Å²) in [6, 6.07) is 5.86. The van der Waals surface area contributed by atoms with Gasteiger partial charge in [0.05, 0.1) is 0 Å². The van der Waals surface area contributed by atoms with Crippen molar-refractivity contribution in [1.29, 1.82) is 0 Å². The largest absolute Gasteiger partial charge is 1.00 e. The summed E-state index contributed by atoms with van der Waals surface area (Å²) in [4.78, 5) is 11.2. The third kappa shape index (κ3) is 2.59. The summed E-state index contributed by atoms with van der Waals surface area (Å²) < 4.78 is 1.13. The first-order valence-corrected chi connectivity index (χ1v) is 4.88. The van der Waals surface area contributed by atoms with Crippen LogP contribution in [0.4, 0.5) is 0 Å². The van der Waals surface area contributed by atoms with Crippen molar-refractivity contribution in [3.63, 3.8) is 0 Å². The fourth-order valence-corrected chi connectivity index (χ4v) is 1.68. The summed E-state index contributed by atoms with van der Waals surface area (Å²) in [6.07, 6.45) is 5.18. The van der Waals surface area contributed by atoms with Gasteiger partial charge in [0.1, 0.15) is 11.9 Å². The van der Waals surface area contributed by atoms with Crippen LogP contribution in [0, 0.1) is 3.57 Å². The normalized spacial score (nSPS) is 9.21. The number of halogens is 2. The van der Waals surface area contributed by atoms with Crippen LogP contribution in [0.25, 0.3) is 11.4 Å². The SMILES string of the molecule is Ic1cccnc1-c1ccnc[nH+]1.[I-]. The molecule has 0 atom stereocenters. The van der Waals surface area contributed by atoms with Crippen LogP contribution in [0.15, 0.2) is 36.9 Å². The smallest absolute Gasteiger partial charge is 0.284 e. The molecular weight excluding hydrogens is 404 g/mol. The van der Waals surface area contributed by atoms with Crippen molar-refractivity contribution in [2.75, 3.05) is 0 Å². The van der Waals surface area contributed by atoms with Crippen molar-refractivity contribution >= 4 is 22.6 Å². The highest BCUT2D eigenvalue weighted by atomic mass is 127. The Labute approximate surface area is 113 Å². The molecule has 2 aromatic heterocycles. The van der Waals surface area contributed by atoms with E-state index in [4.69, 9.17) is 0 Å². The highest BCUT2D eigenvalue weighted by Gasteiger charge is 2.06. The molecule has 2 heterocycles. The Hall–Kier alpha value is -0.310. The summed E-state index contributed by atoms with van der Waals surface area (Å²) >= 11 is 2.26. The standard InChI is InChI=1S/C9H6IN3.HI/c10-7-2-1-4-12-9(7)8-3-5-11-6-13-8;/h1-6H;1H. The van der Waals surface area contributed by atoms with Gasteiger partial charge in [-0.1, -0.05) is 4.98 Å². The fourth-order valence-electron chi connectivity index (χ4n) is 1.05. The van der Waals surface area contributed by atoms with Gasteiger partial charge in [0.15, 0.2) is 5.69 Å². The first kappa shape index (κ1) is 11.8. The molecule has 0 spiro atoms. The average molecular weight is 411 g/mol. The van der Waals surface area contributed by atoms with E-state index in [0.717, 1.165) is 15.0 Å². The second kappa shape index (κ2) is 5.54. The molecule has 14 heavy (non-hydrogen) atoms. The lowest BCUT2D eigenvalue weighted by molar-refractivity contribution is -0.369. The molecule has 2 aromatic rings. The van der Waals surface area contributed by atoms with Crippen LogP contribution in [0.3, 0.4) is 0 Å². The molecule has 0 fully saturated rings. The number of hydrogen-bond donors (Lipinski definition) is 0. The number of nitrogens with zero attached hydrogens (tertiary/aromatic N) is 2. The molecule has 0 aliphatic heterocycles. The third-order valence-electron chi connectivity index (χ3n) is 1.64. The number of aromatic amines is 1. The van der Waals surface area contributed by atoms with Gasteiger partial charge in [-0.3, -0.25) is 4.98 Å². The first-order chi connectivity index (χ1) is 6.38. The summed E-state index contributed by atoms with van der Waals surface area (Å²) in [6.45, 7) is 0. The maximum absolute atomic E-state index is 4.28. The lowest BCUT2D eigenvalue weighted by atomic mass is 10.3. The van der Waals surface area contributed by atoms with E-state index in [1.165, 1.54) is 0 Å². The van der Waals surface area contributed by atoms with Crippen LogP contribution in [-0.4, -0.2) is 9.97 Å². The van der Waals surface area contributed by atoms with Gasteiger partial charge in [-0.05, 0) is 34.7 Å². The van der Waals surface area contributed by atoms with Crippen molar-refractivity contribution in [3.8, 4) is 11.4 Å². The Morgan fingerprint density at radius 1 is 1.21 bits per heavy atom. The molecule has 1 N–H and O–H groups in total. The molecule has 5 heteroatoms. The van der Waals surface area contributed by atoms with Gasteiger partial charge < -0.3 is 24.0 Å². The molecule has 0 radical (unpaired) electrons. The topological polar surface area (TPSA) is 39.9 Å². The van der Waals surface area contributed by atoms with Gasteiger partial charge in [0, 0.05) is 15.8 Å². The lowest BCUT2D eigenvalue weighted by Crippen LogP contribution is -3.00. The van der Waals surface area contributed by atoms with Crippen LogP contribution < -0.4 is 29.0 Å². The molecule has 0 amide bonds. The van der Waals surface area contributed by atoms with Crippen LogP contribution in [0.1, 0.15) is 0 Å². The van der Waals surface area contributed by atoms with Crippen LogP contribution in [-0.2, 0) is 0 Å². The predicted molar refractivity (Wildman–Crippen MR) is 56.7 cm³/mol. The number of rotatable bonds is 1. The van der Waals surface area contributed by atoms with Crippen molar-refractivity contribution in [2.24, 2.45) is 0 Å². The van der Waals surface area contributed by atoms with Gasteiger partial charge >= 0.3 is 0 Å². The highest BCUT2D eigenvalue weighted by molar-refractivity contribution is 14.1. The van der Waals surface area contributed by atoms with Crippen molar-refractivity contribution in [3.05, 3.63) is 40.5 Å². The molecule has 3 nitrogen and oxygen atoms in total. The molecule has 0 bridgehead atoms. The maximum atomic E-state index is 4.28. The monoisotopic (exact) mass is 411 g/mol. The van der Waals surface area contributed by atoms with Crippen molar-refractivity contribution in [2.45, 2.75) is 0 Å². The zero-order valence-electron chi connectivity index (χ0n) is 7.11. The Morgan fingerprint density at radius 3 is 2.71 bits per heavy atom. The molecule has 0 saturated heterocycles. The molecule has 0 saturated carbocycles. The summed E-state index contributed by atoms with van der Waals surface area (Å²) in [5, 5.41) is 0. The Balaban J connectivity index is 0.000000980. The molecule has 0 aliphatic rings.